The van der Waals surface area contributed by atoms with E-state index in [-0.39, 0.29) is 25.7 Å². The largest absolute Gasteiger partial charge is 0.394 e. The Hall–Kier alpha value is -1.75. The number of carbonyl (C=O) groups excluding carboxylic acids is 1. The van der Waals surface area contributed by atoms with Gasteiger partial charge in [0.1, 0.15) is 24.2 Å². The molecule has 1 atom stereocenters. The van der Waals surface area contributed by atoms with Gasteiger partial charge in [-0.25, -0.2) is 14.6 Å². The quantitative estimate of drug-likeness (QED) is 0.405. The Bertz CT molecular complexity index is 620. The van der Waals surface area contributed by atoms with Crippen LogP contribution in [-0.2, 0) is 16.3 Å². The van der Waals surface area contributed by atoms with Gasteiger partial charge in [-0.1, -0.05) is 11.8 Å². The van der Waals surface area contributed by atoms with Crippen LogP contribution in [0.5, 0.6) is 0 Å². The SMILES string of the molecule is NC(=O)CSc1ncnc2c1cnn2COCC(O)CO. The maximum absolute atomic E-state index is 10.8. The Morgan fingerprint density at radius 3 is 3.05 bits per heavy atom. The number of ether oxygens (including phenoxy) is 1. The summed E-state index contributed by atoms with van der Waals surface area (Å²) in [6, 6.07) is 0. The molecule has 0 saturated carbocycles. The number of thioether (sulfide) groups is 1. The first-order valence-electron chi connectivity index (χ1n) is 6.06. The van der Waals surface area contributed by atoms with Gasteiger partial charge in [0.15, 0.2) is 5.65 Å². The van der Waals surface area contributed by atoms with Gasteiger partial charge in [0.25, 0.3) is 0 Å². The van der Waals surface area contributed by atoms with Gasteiger partial charge in [-0.2, -0.15) is 5.10 Å². The van der Waals surface area contributed by atoms with Crippen molar-refractivity contribution in [2.24, 2.45) is 5.73 Å². The number of rotatable bonds is 8. The Morgan fingerprint density at radius 1 is 1.52 bits per heavy atom. The summed E-state index contributed by atoms with van der Waals surface area (Å²) in [4.78, 5) is 19.0. The second-order valence-corrected chi connectivity index (χ2v) is 5.12. The zero-order chi connectivity index (χ0) is 15.2. The van der Waals surface area contributed by atoms with Gasteiger partial charge in [-0.3, -0.25) is 4.79 Å². The van der Waals surface area contributed by atoms with Crippen molar-refractivity contribution in [3.63, 3.8) is 0 Å². The van der Waals surface area contributed by atoms with Crippen LogP contribution < -0.4 is 5.73 Å². The van der Waals surface area contributed by atoms with Crippen LogP contribution in [-0.4, -0.2) is 60.9 Å². The zero-order valence-electron chi connectivity index (χ0n) is 11.0. The van der Waals surface area contributed by atoms with Crippen LogP contribution in [0.3, 0.4) is 0 Å². The van der Waals surface area contributed by atoms with Gasteiger partial charge in [-0.05, 0) is 0 Å². The van der Waals surface area contributed by atoms with Crippen LogP contribution in [0.15, 0.2) is 17.6 Å². The fourth-order valence-electron chi connectivity index (χ4n) is 1.55. The van der Waals surface area contributed by atoms with Crippen LogP contribution in [0.4, 0.5) is 0 Å². The molecule has 0 bridgehead atoms. The summed E-state index contributed by atoms with van der Waals surface area (Å²) < 4.78 is 6.72. The number of fused-ring (bicyclic) bond motifs is 1. The van der Waals surface area contributed by atoms with Gasteiger partial charge in [-0.15, -0.1) is 0 Å². The van der Waals surface area contributed by atoms with Crippen LogP contribution >= 0.6 is 11.8 Å². The van der Waals surface area contributed by atoms with Crippen LogP contribution in [0.1, 0.15) is 0 Å². The highest BCUT2D eigenvalue weighted by atomic mass is 32.2. The molecule has 0 aliphatic carbocycles. The van der Waals surface area contributed by atoms with Gasteiger partial charge in [0, 0.05) is 0 Å². The monoisotopic (exact) mass is 313 g/mol. The van der Waals surface area contributed by atoms with Gasteiger partial charge >= 0.3 is 0 Å². The van der Waals surface area contributed by atoms with E-state index in [1.165, 1.54) is 22.8 Å². The number of aliphatic hydroxyl groups is 2. The fourth-order valence-corrected chi connectivity index (χ4v) is 2.25. The summed E-state index contributed by atoms with van der Waals surface area (Å²) in [6.45, 7) is -0.292. The smallest absolute Gasteiger partial charge is 0.227 e. The first kappa shape index (κ1) is 15.6. The predicted molar refractivity (Wildman–Crippen MR) is 74.3 cm³/mol. The first-order valence-corrected chi connectivity index (χ1v) is 7.04. The molecule has 0 radical (unpaired) electrons. The average Bonchev–Trinajstić information content (AvgIpc) is 2.88. The van der Waals surface area contributed by atoms with E-state index in [9.17, 15) is 9.90 Å². The van der Waals surface area contributed by atoms with E-state index in [4.69, 9.17) is 15.6 Å². The van der Waals surface area contributed by atoms with E-state index >= 15 is 0 Å². The Balaban J connectivity index is 2.09. The third kappa shape index (κ3) is 4.11. The Labute approximate surface area is 124 Å². The molecule has 21 heavy (non-hydrogen) atoms. The lowest BCUT2D eigenvalue weighted by atomic mass is 10.4. The van der Waals surface area contributed by atoms with E-state index in [0.717, 1.165) is 0 Å². The third-order valence-corrected chi connectivity index (χ3v) is 3.51. The maximum Gasteiger partial charge on any atom is 0.227 e. The van der Waals surface area contributed by atoms with Crippen molar-refractivity contribution in [2.45, 2.75) is 17.9 Å². The van der Waals surface area contributed by atoms with E-state index < -0.39 is 12.0 Å². The van der Waals surface area contributed by atoms with Crippen LogP contribution in [0, 0.1) is 0 Å². The topological polar surface area (TPSA) is 136 Å². The number of nitrogens with two attached hydrogens (primary N) is 1. The van der Waals surface area contributed by atoms with Gasteiger partial charge < -0.3 is 20.7 Å². The molecule has 2 aromatic heterocycles. The summed E-state index contributed by atoms with van der Waals surface area (Å²) in [5, 5.41) is 23.3. The average molecular weight is 313 g/mol. The Morgan fingerprint density at radius 2 is 2.33 bits per heavy atom. The van der Waals surface area contributed by atoms with Crippen molar-refractivity contribution in [2.75, 3.05) is 19.0 Å². The fraction of sp³-hybridized carbons (Fsp3) is 0.455. The highest BCUT2D eigenvalue weighted by Crippen LogP contribution is 2.23. The summed E-state index contributed by atoms with van der Waals surface area (Å²) in [7, 11) is 0. The molecule has 10 heteroatoms. The number of nitrogens with zero attached hydrogens (tertiary/aromatic N) is 4. The number of hydrogen-bond acceptors (Lipinski definition) is 8. The minimum absolute atomic E-state index is 0.00772. The molecule has 2 rings (SSSR count). The van der Waals surface area contributed by atoms with E-state index in [2.05, 4.69) is 15.1 Å². The van der Waals surface area contributed by atoms with Crippen LogP contribution in [0.2, 0.25) is 0 Å². The van der Waals surface area contributed by atoms with Crippen molar-refractivity contribution in [1.82, 2.24) is 19.7 Å². The van der Waals surface area contributed by atoms with Gasteiger partial charge in [0.05, 0.1) is 30.5 Å². The molecule has 0 saturated heterocycles. The van der Waals surface area contributed by atoms with E-state index in [0.29, 0.717) is 16.1 Å². The lowest BCUT2D eigenvalue weighted by Gasteiger charge is -2.08. The van der Waals surface area contributed by atoms with Crippen molar-refractivity contribution in [3.05, 3.63) is 12.5 Å². The molecule has 114 valence electrons. The first-order chi connectivity index (χ1) is 10.1. The molecule has 2 aromatic rings. The number of aliphatic hydroxyl groups excluding tert-OH is 2. The third-order valence-electron chi connectivity index (χ3n) is 2.48. The number of aromatic nitrogens is 4. The minimum atomic E-state index is -0.928. The molecule has 0 spiro atoms. The normalized spacial score (nSPS) is 12.7. The molecule has 1 unspecified atom stereocenters. The second-order valence-electron chi connectivity index (χ2n) is 4.15. The minimum Gasteiger partial charge on any atom is -0.394 e. The molecule has 1 amide bonds. The summed E-state index contributed by atoms with van der Waals surface area (Å²) in [5.74, 6) is -0.309. The highest BCUT2D eigenvalue weighted by Gasteiger charge is 2.11. The molecule has 0 fully saturated rings. The van der Waals surface area contributed by atoms with Crippen molar-refractivity contribution in [3.8, 4) is 0 Å². The lowest BCUT2D eigenvalue weighted by molar-refractivity contribution is -0.115. The maximum atomic E-state index is 10.8. The van der Waals surface area contributed by atoms with Crippen molar-refractivity contribution >= 4 is 28.7 Å². The number of primary amides is 1. The van der Waals surface area contributed by atoms with Gasteiger partial charge in [0.2, 0.25) is 5.91 Å². The summed E-state index contributed by atoms with van der Waals surface area (Å²) in [5.41, 5.74) is 5.66. The molecule has 0 aliphatic rings. The van der Waals surface area contributed by atoms with Crippen molar-refractivity contribution in [1.29, 1.82) is 0 Å². The predicted octanol–water partition coefficient (Wildman–Crippen LogP) is -1.27. The number of carbonyl (C=O) groups is 1. The molecule has 2 heterocycles. The molecule has 9 nitrogen and oxygen atoms in total. The zero-order valence-corrected chi connectivity index (χ0v) is 11.9. The lowest BCUT2D eigenvalue weighted by Crippen LogP contribution is -2.20. The number of amides is 1. The van der Waals surface area contributed by atoms with E-state index in [1.807, 2.05) is 0 Å². The summed E-state index contributed by atoms with van der Waals surface area (Å²) >= 11 is 1.21. The number of hydrogen-bond donors (Lipinski definition) is 3. The second kappa shape index (κ2) is 7.31. The highest BCUT2D eigenvalue weighted by molar-refractivity contribution is 8.00. The molecular formula is C11H15N5O4S. The molecular weight excluding hydrogens is 298 g/mol. The Kier molecular flexibility index (Phi) is 5.44. The summed E-state index contributed by atoms with van der Waals surface area (Å²) in [6.07, 6.45) is 2.01. The molecule has 0 aromatic carbocycles. The van der Waals surface area contributed by atoms with Crippen LogP contribution in [0.25, 0.3) is 11.0 Å². The standard InChI is InChI=1S/C11H15N5O4S/c12-9(19)4-21-11-8-1-15-16(10(8)13-5-14-11)6-20-3-7(18)2-17/h1,5,7,17-18H,2-4,6H2,(H2,12,19). The molecule has 4 N–H and O–H groups in total. The van der Waals surface area contributed by atoms with E-state index in [1.54, 1.807) is 6.20 Å². The molecule has 0 aliphatic heterocycles. The van der Waals surface area contributed by atoms with Crippen molar-refractivity contribution < 1.29 is 19.7 Å².